The number of halogens is 1. The van der Waals surface area contributed by atoms with Crippen molar-refractivity contribution < 1.29 is 19.1 Å². The molecule has 31 heavy (non-hydrogen) atoms. The summed E-state index contributed by atoms with van der Waals surface area (Å²) in [5.74, 6) is 0.843. The smallest absolute Gasteiger partial charge is 0.261 e. The summed E-state index contributed by atoms with van der Waals surface area (Å²) in [5.41, 5.74) is 0.899. The normalized spacial score (nSPS) is 12.5. The molecule has 2 aromatic rings. The van der Waals surface area contributed by atoms with Crippen LogP contribution in [0.2, 0.25) is 5.02 Å². The van der Waals surface area contributed by atoms with Gasteiger partial charge in [0.1, 0.15) is 17.5 Å². The van der Waals surface area contributed by atoms with Crippen molar-refractivity contribution in [3.8, 4) is 11.5 Å². The molecule has 0 spiro atoms. The van der Waals surface area contributed by atoms with Crippen LogP contribution in [0.3, 0.4) is 0 Å². The lowest BCUT2D eigenvalue weighted by molar-refractivity contribution is -0.143. The molecule has 168 valence electrons. The average molecular weight is 447 g/mol. The minimum absolute atomic E-state index is 0.0322. The van der Waals surface area contributed by atoms with Crippen molar-refractivity contribution >= 4 is 23.4 Å². The van der Waals surface area contributed by atoms with Crippen LogP contribution in [0.5, 0.6) is 11.5 Å². The highest BCUT2D eigenvalue weighted by Gasteiger charge is 2.29. The molecule has 0 aliphatic heterocycles. The quantitative estimate of drug-likeness (QED) is 0.553. The maximum absolute atomic E-state index is 13.1. The van der Waals surface area contributed by atoms with Crippen molar-refractivity contribution in [3.05, 3.63) is 59.1 Å². The number of nitrogens with zero attached hydrogens (tertiary/aromatic N) is 1. The van der Waals surface area contributed by atoms with Gasteiger partial charge in [0, 0.05) is 17.6 Å². The first-order chi connectivity index (χ1) is 14.9. The Morgan fingerprint density at radius 2 is 1.61 bits per heavy atom. The van der Waals surface area contributed by atoms with Crippen molar-refractivity contribution in [2.45, 2.75) is 52.2 Å². The minimum atomic E-state index is -0.600. The number of carbonyl (C=O) groups excluding carboxylic acids is 2. The highest BCUT2D eigenvalue weighted by molar-refractivity contribution is 6.30. The first kappa shape index (κ1) is 24.5. The largest absolute Gasteiger partial charge is 0.497 e. The highest BCUT2D eigenvalue weighted by Crippen LogP contribution is 2.18. The molecule has 6 nitrogen and oxygen atoms in total. The van der Waals surface area contributed by atoms with Gasteiger partial charge in [-0.05, 0) is 61.7 Å². The summed E-state index contributed by atoms with van der Waals surface area (Å²) in [7, 11) is 1.60. The monoisotopic (exact) mass is 446 g/mol. The van der Waals surface area contributed by atoms with Crippen molar-refractivity contribution in [3.63, 3.8) is 0 Å². The number of ether oxygens (including phenoxy) is 2. The van der Waals surface area contributed by atoms with Gasteiger partial charge in [0.15, 0.2) is 6.61 Å². The fourth-order valence-electron chi connectivity index (χ4n) is 3.05. The minimum Gasteiger partial charge on any atom is -0.497 e. The molecule has 1 N–H and O–H groups in total. The van der Waals surface area contributed by atoms with Gasteiger partial charge < -0.3 is 19.7 Å². The van der Waals surface area contributed by atoms with E-state index < -0.39 is 6.04 Å². The Morgan fingerprint density at radius 3 is 2.16 bits per heavy atom. The van der Waals surface area contributed by atoms with E-state index >= 15 is 0 Å². The summed E-state index contributed by atoms with van der Waals surface area (Å²) >= 11 is 5.90. The molecular formula is C24H31ClN2O4. The fourth-order valence-corrected chi connectivity index (χ4v) is 3.17. The number of nitrogens with one attached hydrogen (secondary N) is 1. The predicted molar refractivity (Wildman–Crippen MR) is 122 cm³/mol. The Kier molecular flexibility index (Phi) is 9.66. The van der Waals surface area contributed by atoms with Crippen molar-refractivity contribution in [2.24, 2.45) is 0 Å². The van der Waals surface area contributed by atoms with E-state index in [1.807, 2.05) is 45.0 Å². The number of amides is 2. The summed E-state index contributed by atoms with van der Waals surface area (Å²) in [6.07, 6.45) is 1.30. The zero-order chi connectivity index (χ0) is 22.8. The van der Waals surface area contributed by atoms with Gasteiger partial charge in [-0.3, -0.25) is 9.59 Å². The van der Waals surface area contributed by atoms with E-state index in [2.05, 4.69) is 5.32 Å². The molecule has 0 fully saturated rings. The van der Waals surface area contributed by atoms with Gasteiger partial charge in [-0.2, -0.15) is 0 Å². The average Bonchev–Trinajstić information content (AvgIpc) is 2.78. The van der Waals surface area contributed by atoms with Crippen LogP contribution in [-0.2, 0) is 16.1 Å². The van der Waals surface area contributed by atoms with Gasteiger partial charge >= 0.3 is 0 Å². The third-order valence-corrected chi connectivity index (χ3v) is 5.33. The second-order valence-electron chi connectivity index (χ2n) is 7.35. The Hall–Kier alpha value is -2.73. The highest BCUT2D eigenvalue weighted by atomic mass is 35.5. The molecule has 0 aromatic heterocycles. The van der Waals surface area contributed by atoms with Gasteiger partial charge in [-0.1, -0.05) is 37.6 Å². The molecule has 0 saturated heterocycles. The molecule has 0 aliphatic carbocycles. The maximum atomic E-state index is 13.1. The summed E-state index contributed by atoms with van der Waals surface area (Å²) in [4.78, 5) is 27.6. The first-order valence-electron chi connectivity index (χ1n) is 10.5. The van der Waals surface area contributed by atoms with E-state index in [4.69, 9.17) is 21.1 Å². The van der Waals surface area contributed by atoms with Gasteiger partial charge in [0.2, 0.25) is 5.91 Å². The second kappa shape index (κ2) is 12.2. The predicted octanol–water partition coefficient (Wildman–Crippen LogP) is 4.45. The van der Waals surface area contributed by atoms with Crippen LogP contribution in [0, 0.1) is 0 Å². The van der Waals surface area contributed by atoms with E-state index in [9.17, 15) is 9.59 Å². The number of carbonyl (C=O) groups is 2. The zero-order valence-corrected chi connectivity index (χ0v) is 19.3. The third kappa shape index (κ3) is 7.47. The number of methoxy groups -OCH3 is 1. The van der Waals surface area contributed by atoms with Gasteiger partial charge in [-0.25, -0.2) is 0 Å². The summed E-state index contributed by atoms with van der Waals surface area (Å²) < 4.78 is 10.9. The summed E-state index contributed by atoms with van der Waals surface area (Å²) in [6.45, 7) is 5.97. The standard InChI is InChI=1S/C24H31ClN2O4/c1-5-17(3)26-24(29)22(6-2)27(15-18-7-11-20(30-4)12-8-18)23(28)16-31-21-13-9-19(25)10-14-21/h7-14,17,22H,5-6,15-16H2,1-4H3,(H,26,29)/t17-,22+/m0/s1. The van der Waals surface area contributed by atoms with Crippen LogP contribution in [0.1, 0.15) is 39.2 Å². The van der Waals surface area contributed by atoms with Crippen LogP contribution < -0.4 is 14.8 Å². The van der Waals surface area contributed by atoms with E-state index in [0.29, 0.717) is 23.7 Å². The molecule has 2 amide bonds. The number of hydrogen-bond donors (Lipinski definition) is 1. The van der Waals surface area contributed by atoms with Gasteiger partial charge in [-0.15, -0.1) is 0 Å². The fraction of sp³-hybridized carbons (Fsp3) is 0.417. The lowest BCUT2D eigenvalue weighted by Crippen LogP contribution is -2.51. The molecule has 0 saturated carbocycles. The van der Waals surface area contributed by atoms with Crippen molar-refractivity contribution in [1.82, 2.24) is 10.2 Å². The van der Waals surface area contributed by atoms with E-state index in [0.717, 1.165) is 17.7 Å². The van der Waals surface area contributed by atoms with Crippen molar-refractivity contribution in [1.29, 1.82) is 0 Å². The third-order valence-electron chi connectivity index (χ3n) is 5.07. The number of benzene rings is 2. The summed E-state index contributed by atoms with van der Waals surface area (Å²) in [5, 5.41) is 3.58. The lowest BCUT2D eigenvalue weighted by Gasteiger charge is -2.31. The van der Waals surface area contributed by atoms with Gasteiger partial charge in [0.25, 0.3) is 5.91 Å². The van der Waals surface area contributed by atoms with Crippen LogP contribution >= 0.6 is 11.6 Å². The maximum Gasteiger partial charge on any atom is 0.261 e. The van der Waals surface area contributed by atoms with Crippen LogP contribution in [0.25, 0.3) is 0 Å². The van der Waals surface area contributed by atoms with Crippen LogP contribution in [0.4, 0.5) is 0 Å². The zero-order valence-electron chi connectivity index (χ0n) is 18.6. The second-order valence-corrected chi connectivity index (χ2v) is 7.79. The molecular weight excluding hydrogens is 416 g/mol. The van der Waals surface area contributed by atoms with Crippen LogP contribution in [-0.4, -0.2) is 42.5 Å². The Bertz CT molecular complexity index is 840. The lowest BCUT2D eigenvalue weighted by atomic mass is 10.1. The summed E-state index contributed by atoms with van der Waals surface area (Å²) in [6, 6.07) is 13.7. The Labute approximate surface area is 189 Å². The molecule has 2 aromatic carbocycles. The van der Waals surface area contributed by atoms with E-state index in [-0.39, 0.29) is 24.5 Å². The molecule has 0 aliphatic rings. The molecule has 0 heterocycles. The molecule has 2 rings (SSSR count). The Balaban J connectivity index is 2.20. The van der Waals surface area contributed by atoms with E-state index in [1.54, 1.807) is 36.3 Å². The number of rotatable bonds is 11. The van der Waals surface area contributed by atoms with Crippen molar-refractivity contribution in [2.75, 3.05) is 13.7 Å². The van der Waals surface area contributed by atoms with Crippen LogP contribution in [0.15, 0.2) is 48.5 Å². The molecule has 0 unspecified atom stereocenters. The molecule has 7 heteroatoms. The SMILES string of the molecule is CC[C@H](C(=O)N[C@@H](C)CC)N(Cc1ccc(OC)cc1)C(=O)COc1ccc(Cl)cc1. The molecule has 0 radical (unpaired) electrons. The topological polar surface area (TPSA) is 67.9 Å². The molecule has 0 bridgehead atoms. The molecule has 2 atom stereocenters. The first-order valence-corrected chi connectivity index (χ1v) is 10.9. The van der Waals surface area contributed by atoms with Gasteiger partial charge in [0.05, 0.1) is 7.11 Å². The van der Waals surface area contributed by atoms with E-state index in [1.165, 1.54) is 0 Å². The Morgan fingerprint density at radius 1 is 1.00 bits per heavy atom. The number of hydrogen-bond acceptors (Lipinski definition) is 4.